The van der Waals surface area contributed by atoms with Crippen molar-refractivity contribution in [3.05, 3.63) is 12.2 Å². The van der Waals surface area contributed by atoms with E-state index in [-0.39, 0.29) is 0 Å². The summed E-state index contributed by atoms with van der Waals surface area (Å²) in [6.07, 6.45) is 25.6. The van der Waals surface area contributed by atoms with E-state index in [1.54, 1.807) is 25.7 Å². The van der Waals surface area contributed by atoms with Gasteiger partial charge in [-0.25, -0.2) is 0 Å². The summed E-state index contributed by atoms with van der Waals surface area (Å²) in [5, 5.41) is 0. The molecule has 0 aromatic carbocycles. The molecule has 0 heteroatoms. The summed E-state index contributed by atoms with van der Waals surface area (Å²) in [5.74, 6) is 4.15. The minimum Gasteiger partial charge on any atom is -0.0883 e. The molecule has 0 unspecified atom stereocenters. The van der Waals surface area contributed by atoms with Gasteiger partial charge in [0.25, 0.3) is 0 Å². The Kier molecular flexibility index (Phi) is 8.63. The summed E-state index contributed by atoms with van der Waals surface area (Å²) in [4.78, 5) is 0. The number of allylic oxidation sites excluding steroid dienone is 2. The number of hydrogen-bond donors (Lipinski definition) is 0. The van der Waals surface area contributed by atoms with Gasteiger partial charge < -0.3 is 0 Å². The molecule has 0 spiro atoms. The zero-order valence-electron chi connectivity index (χ0n) is 15.4. The molecule has 0 N–H and O–H groups in total. The SMILES string of the molecule is CCCCC=CC1CCC(C2CCC(CCCC)CC2)CC1. The summed E-state index contributed by atoms with van der Waals surface area (Å²) >= 11 is 0. The Morgan fingerprint density at radius 2 is 1.32 bits per heavy atom. The molecule has 2 saturated carbocycles. The van der Waals surface area contributed by atoms with Crippen LogP contribution in [0.25, 0.3) is 0 Å². The first kappa shape index (κ1) is 18.1. The van der Waals surface area contributed by atoms with E-state index >= 15 is 0 Å². The lowest BCUT2D eigenvalue weighted by Gasteiger charge is -2.37. The van der Waals surface area contributed by atoms with Gasteiger partial charge in [-0.1, -0.05) is 70.9 Å². The molecule has 2 aliphatic rings. The fourth-order valence-electron chi connectivity index (χ4n) is 4.86. The summed E-state index contributed by atoms with van der Waals surface area (Å²) in [7, 11) is 0. The molecule has 0 aliphatic heterocycles. The van der Waals surface area contributed by atoms with Crippen LogP contribution in [0.5, 0.6) is 0 Å². The summed E-state index contributed by atoms with van der Waals surface area (Å²) in [6, 6.07) is 0. The van der Waals surface area contributed by atoms with Gasteiger partial charge in [-0.05, 0) is 68.6 Å². The smallest absolute Gasteiger partial charge is 0.0233 e. The zero-order valence-corrected chi connectivity index (χ0v) is 15.4. The predicted octanol–water partition coefficient (Wildman–Crippen LogP) is 7.54. The van der Waals surface area contributed by atoms with Crippen LogP contribution < -0.4 is 0 Å². The third-order valence-electron chi connectivity index (χ3n) is 6.47. The second-order valence-corrected chi connectivity index (χ2v) is 8.17. The van der Waals surface area contributed by atoms with E-state index in [1.807, 2.05) is 0 Å². The lowest BCUT2D eigenvalue weighted by Crippen LogP contribution is -2.25. The lowest BCUT2D eigenvalue weighted by molar-refractivity contribution is 0.151. The van der Waals surface area contributed by atoms with Crippen LogP contribution in [0.4, 0.5) is 0 Å². The highest BCUT2D eigenvalue weighted by molar-refractivity contribution is 4.92. The molecule has 0 amide bonds. The topological polar surface area (TPSA) is 0 Å². The van der Waals surface area contributed by atoms with Gasteiger partial charge in [-0.3, -0.25) is 0 Å². The van der Waals surface area contributed by atoms with Gasteiger partial charge >= 0.3 is 0 Å². The third-order valence-corrected chi connectivity index (χ3v) is 6.47. The van der Waals surface area contributed by atoms with Crippen LogP contribution in [-0.4, -0.2) is 0 Å². The average Bonchev–Trinajstić information content (AvgIpc) is 2.58. The van der Waals surface area contributed by atoms with Gasteiger partial charge in [-0.15, -0.1) is 0 Å². The molecular weight excluding hydrogens is 264 g/mol. The van der Waals surface area contributed by atoms with Crippen molar-refractivity contribution in [2.45, 2.75) is 104 Å². The number of rotatable bonds is 8. The lowest BCUT2D eigenvalue weighted by atomic mass is 9.68. The molecule has 0 aromatic rings. The molecule has 0 nitrogen and oxygen atoms in total. The van der Waals surface area contributed by atoms with E-state index in [0.717, 1.165) is 23.7 Å². The first-order valence-corrected chi connectivity index (χ1v) is 10.5. The molecule has 0 atom stereocenters. The van der Waals surface area contributed by atoms with Crippen LogP contribution in [0.15, 0.2) is 12.2 Å². The number of hydrogen-bond acceptors (Lipinski definition) is 0. The second kappa shape index (κ2) is 10.5. The fourth-order valence-corrected chi connectivity index (χ4v) is 4.86. The normalized spacial score (nSPS) is 33.4. The Morgan fingerprint density at radius 3 is 1.91 bits per heavy atom. The molecule has 0 bridgehead atoms. The molecule has 128 valence electrons. The Hall–Kier alpha value is -0.260. The highest BCUT2D eigenvalue weighted by atomic mass is 14.4. The van der Waals surface area contributed by atoms with E-state index in [1.165, 1.54) is 64.2 Å². The summed E-state index contributed by atoms with van der Waals surface area (Å²) in [5.41, 5.74) is 0. The molecule has 0 aromatic heterocycles. The molecule has 22 heavy (non-hydrogen) atoms. The van der Waals surface area contributed by atoms with Crippen molar-refractivity contribution in [1.29, 1.82) is 0 Å². The summed E-state index contributed by atoms with van der Waals surface area (Å²) in [6.45, 7) is 4.62. The fraction of sp³-hybridized carbons (Fsp3) is 0.909. The first-order chi connectivity index (χ1) is 10.8. The minimum absolute atomic E-state index is 0.911. The van der Waals surface area contributed by atoms with Gasteiger partial charge in [0, 0.05) is 0 Å². The Labute approximate surface area is 140 Å². The van der Waals surface area contributed by atoms with Gasteiger partial charge in [0.15, 0.2) is 0 Å². The maximum Gasteiger partial charge on any atom is -0.0233 e. The average molecular weight is 305 g/mol. The Morgan fingerprint density at radius 1 is 0.727 bits per heavy atom. The van der Waals surface area contributed by atoms with E-state index in [9.17, 15) is 0 Å². The molecule has 0 saturated heterocycles. The maximum absolute atomic E-state index is 2.55. The maximum atomic E-state index is 2.55. The predicted molar refractivity (Wildman–Crippen MR) is 99.1 cm³/mol. The largest absolute Gasteiger partial charge is 0.0883 e. The first-order valence-electron chi connectivity index (χ1n) is 10.5. The Balaban J connectivity index is 1.62. The van der Waals surface area contributed by atoms with Crippen LogP contribution in [0.3, 0.4) is 0 Å². The molecular formula is C22H40. The van der Waals surface area contributed by atoms with E-state index in [0.29, 0.717) is 0 Å². The zero-order chi connectivity index (χ0) is 15.6. The van der Waals surface area contributed by atoms with Gasteiger partial charge in [0.1, 0.15) is 0 Å². The third kappa shape index (κ3) is 6.09. The monoisotopic (exact) mass is 304 g/mol. The quantitative estimate of drug-likeness (QED) is 0.321. The van der Waals surface area contributed by atoms with Crippen LogP contribution in [0, 0.1) is 23.7 Å². The van der Waals surface area contributed by atoms with Gasteiger partial charge in [-0.2, -0.15) is 0 Å². The van der Waals surface area contributed by atoms with Crippen molar-refractivity contribution in [3.8, 4) is 0 Å². The summed E-state index contributed by atoms with van der Waals surface area (Å²) < 4.78 is 0. The molecule has 0 heterocycles. The van der Waals surface area contributed by atoms with Crippen LogP contribution >= 0.6 is 0 Å². The minimum atomic E-state index is 0.911. The van der Waals surface area contributed by atoms with Crippen LogP contribution in [0.1, 0.15) is 104 Å². The van der Waals surface area contributed by atoms with Crippen molar-refractivity contribution in [1.82, 2.24) is 0 Å². The molecule has 0 radical (unpaired) electrons. The molecule has 2 rings (SSSR count). The van der Waals surface area contributed by atoms with Crippen LogP contribution in [0.2, 0.25) is 0 Å². The highest BCUT2D eigenvalue weighted by Crippen LogP contribution is 2.42. The second-order valence-electron chi connectivity index (χ2n) is 8.17. The van der Waals surface area contributed by atoms with E-state index in [2.05, 4.69) is 26.0 Å². The molecule has 2 aliphatic carbocycles. The van der Waals surface area contributed by atoms with E-state index in [4.69, 9.17) is 0 Å². The Bertz CT molecular complexity index is 287. The van der Waals surface area contributed by atoms with Crippen molar-refractivity contribution in [3.63, 3.8) is 0 Å². The van der Waals surface area contributed by atoms with Gasteiger partial charge in [0.05, 0.1) is 0 Å². The molecule has 2 fully saturated rings. The van der Waals surface area contributed by atoms with Crippen molar-refractivity contribution in [2.75, 3.05) is 0 Å². The van der Waals surface area contributed by atoms with Crippen molar-refractivity contribution in [2.24, 2.45) is 23.7 Å². The highest BCUT2D eigenvalue weighted by Gasteiger charge is 2.29. The van der Waals surface area contributed by atoms with Crippen molar-refractivity contribution < 1.29 is 0 Å². The van der Waals surface area contributed by atoms with Crippen LogP contribution in [-0.2, 0) is 0 Å². The van der Waals surface area contributed by atoms with Crippen molar-refractivity contribution >= 4 is 0 Å². The number of unbranched alkanes of at least 4 members (excludes halogenated alkanes) is 3. The van der Waals surface area contributed by atoms with Gasteiger partial charge in [0.2, 0.25) is 0 Å². The standard InChI is InChI=1S/C22H40/c1-3-5-7-8-10-20-13-17-22(18-14-20)21-15-11-19(12-16-21)9-6-4-2/h8,10,19-22H,3-7,9,11-18H2,1-2H3. The van der Waals surface area contributed by atoms with E-state index < -0.39 is 0 Å².